The van der Waals surface area contributed by atoms with Gasteiger partial charge in [-0.3, -0.25) is 9.59 Å². The Bertz CT molecular complexity index is 1040. The summed E-state index contributed by atoms with van der Waals surface area (Å²) in [4.78, 5) is 25.1. The van der Waals surface area contributed by atoms with E-state index >= 15 is 0 Å². The van der Waals surface area contributed by atoms with Crippen LogP contribution in [0.2, 0.25) is 0 Å². The van der Waals surface area contributed by atoms with Gasteiger partial charge in [0.2, 0.25) is 5.43 Å². The van der Waals surface area contributed by atoms with Crippen molar-refractivity contribution in [1.29, 1.82) is 0 Å². The van der Waals surface area contributed by atoms with Crippen LogP contribution in [0.1, 0.15) is 27.3 Å². The normalized spacial score (nSPS) is 10.4. The fourth-order valence-corrected chi connectivity index (χ4v) is 2.95. The summed E-state index contributed by atoms with van der Waals surface area (Å²) in [6, 6.07) is 18.0. The fraction of sp³-hybridized carbons (Fsp3) is 0.217. The van der Waals surface area contributed by atoms with E-state index in [1.54, 1.807) is 31.4 Å². The number of hydrogen-bond acceptors (Lipinski definition) is 4. The van der Waals surface area contributed by atoms with E-state index in [2.05, 4.69) is 5.32 Å². The molecular formula is C23H24N2O4. The summed E-state index contributed by atoms with van der Waals surface area (Å²) in [6.45, 7) is 2.29. The number of nitrogens with one attached hydrogen (secondary N) is 1. The summed E-state index contributed by atoms with van der Waals surface area (Å²) in [5.74, 6) is 0.687. The number of hydrogen-bond donors (Lipinski definition) is 1. The van der Waals surface area contributed by atoms with Crippen molar-refractivity contribution in [3.63, 3.8) is 0 Å². The van der Waals surface area contributed by atoms with Gasteiger partial charge in [-0.1, -0.05) is 30.3 Å². The van der Waals surface area contributed by atoms with Gasteiger partial charge in [0.15, 0.2) is 5.75 Å². The molecule has 3 aromatic rings. The maximum Gasteiger partial charge on any atom is 0.251 e. The van der Waals surface area contributed by atoms with Gasteiger partial charge in [0.25, 0.3) is 5.91 Å². The highest BCUT2D eigenvalue weighted by molar-refractivity contribution is 5.94. The van der Waals surface area contributed by atoms with Gasteiger partial charge in [-0.25, -0.2) is 0 Å². The second-order valence-electron chi connectivity index (χ2n) is 6.67. The molecule has 3 rings (SSSR count). The van der Waals surface area contributed by atoms with E-state index in [0.717, 1.165) is 11.3 Å². The third-order valence-corrected chi connectivity index (χ3v) is 4.75. The van der Waals surface area contributed by atoms with Gasteiger partial charge in [0, 0.05) is 24.4 Å². The monoisotopic (exact) mass is 392 g/mol. The molecule has 150 valence electrons. The molecule has 1 aromatic heterocycles. The predicted octanol–water partition coefficient (Wildman–Crippen LogP) is 3.21. The highest BCUT2D eigenvalue weighted by Gasteiger charge is 2.15. The van der Waals surface area contributed by atoms with Crippen molar-refractivity contribution in [2.75, 3.05) is 7.11 Å². The molecule has 0 bridgehead atoms. The molecule has 2 aromatic carbocycles. The zero-order valence-corrected chi connectivity index (χ0v) is 16.8. The average Bonchev–Trinajstić information content (AvgIpc) is 2.75. The van der Waals surface area contributed by atoms with E-state index in [-0.39, 0.29) is 30.2 Å². The largest absolute Gasteiger partial charge is 0.497 e. The Morgan fingerprint density at radius 2 is 1.76 bits per heavy atom. The van der Waals surface area contributed by atoms with Crippen LogP contribution in [0.4, 0.5) is 0 Å². The second-order valence-corrected chi connectivity index (χ2v) is 6.67. The van der Waals surface area contributed by atoms with Crippen molar-refractivity contribution in [1.82, 2.24) is 9.88 Å². The summed E-state index contributed by atoms with van der Waals surface area (Å²) in [7, 11) is 3.42. The number of pyridine rings is 1. The van der Waals surface area contributed by atoms with Crippen molar-refractivity contribution in [2.45, 2.75) is 20.1 Å². The molecule has 1 amide bonds. The Kier molecular flexibility index (Phi) is 6.34. The first-order valence-electron chi connectivity index (χ1n) is 9.28. The van der Waals surface area contributed by atoms with Crippen molar-refractivity contribution in [3.8, 4) is 11.5 Å². The number of aryl methyl sites for hydroxylation is 1. The molecular weight excluding hydrogens is 368 g/mol. The molecule has 6 nitrogen and oxygen atoms in total. The Balaban J connectivity index is 1.79. The van der Waals surface area contributed by atoms with Crippen LogP contribution in [0, 0.1) is 6.92 Å². The summed E-state index contributed by atoms with van der Waals surface area (Å²) < 4.78 is 12.8. The number of nitrogens with zero attached hydrogens (tertiary/aromatic N) is 1. The second kappa shape index (κ2) is 9.10. The summed E-state index contributed by atoms with van der Waals surface area (Å²) in [5, 5.41) is 2.87. The van der Waals surface area contributed by atoms with Gasteiger partial charge in [0.05, 0.1) is 19.3 Å². The number of aromatic nitrogens is 1. The number of rotatable bonds is 7. The number of carbonyl (C=O) groups excluding carboxylic acids is 1. The lowest BCUT2D eigenvalue weighted by Crippen LogP contribution is -2.27. The summed E-state index contributed by atoms with van der Waals surface area (Å²) in [5.41, 5.74) is 2.67. The van der Waals surface area contributed by atoms with Crippen LogP contribution >= 0.6 is 0 Å². The lowest BCUT2D eigenvalue weighted by Gasteiger charge is -2.17. The number of carbonyl (C=O) groups is 1. The maximum atomic E-state index is 12.6. The molecule has 0 atom stereocenters. The average molecular weight is 392 g/mol. The first-order valence-corrected chi connectivity index (χ1v) is 9.28. The van der Waals surface area contributed by atoms with E-state index in [0.29, 0.717) is 17.0 Å². The molecule has 0 aliphatic heterocycles. The zero-order valence-electron chi connectivity index (χ0n) is 16.8. The Labute approximate surface area is 169 Å². The van der Waals surface area contributed by atoms with Gasteiger partial charge in [-0.2, -0.15) is 0 Å². The maximum absolute atomic E-state index is 12.6. The molecule has 0 aliphatic carbocycles. The van der Waals surface area contributed by atoms with Gasteiger partial charge in [-0.15, -0.1) is 0 Å². The molecule has 0 spiro atoms. The molecule has 0 radical (unpaired) electrons. The van der Waals surface area contributed by atoms with E-state index in [9.17, 15) is 9.59 Å². The van der Waals surface area contributed by atoms with Crippen LogP contribution in [0.5, 0.6) is 11.5 Å². The Morgan fingerprint density at radius 3 is 2.41 bits per heavy atom. The quantitative estimate of drug-likeness (QED) is 0.670. The zero-order chi connectivity index (χ0) is 20.8. The van der Waals surface area contributed by atoms with Crippen molar-refractivity contribution in [3.05, 3.63) is 93.4 Å². The van der Waals surface area contributed by atoms with E-state index in [4.69, 9.17) is 9.47 Å². The van der Waals surface area contributed by atoms with Crippen molar-refractivity contribution >= 4 is 5.91 Å². The van der Waals surface area contributed by atoms with Crippen LogP contribution < -0.4 is 20.2 Å². The molecule has 1 heterocycles. The van der Waals surface area contributed by atoms with Crippen LogP contribution in [-0.4, -0.2) is 17.6 Å². The van der Waals surface area contributed by atoms with Gasteiger partial charge in [0.1, 0.15) is 12.4 Å². The molecule has 6 heteroatoms. The number of amides is 1. The molecule has 0 fully saturated rings. The fourth-order valence-electron chi connectivity index (χ4n) is 2.95. The van der Waals surface area contributed by atoms with Gasteiger partial charge >= 0.3 is 0 Å². The highest BCUT2D eigenvalue weighted by atomic mass is 16.5. The topological polar surface area (TPSA) is 69.6 Å². The SMILES string of the molecule is COc1ccc(C(=O)NCc2c(OCc3ccccc3)c(=O)cc(C)n2C)cc1. The molecule has 0 aliphatic rings. The van der Waals surface area contributed by atoms with Crippen molar-refractivity contribution < 1.29 is 14.3 Å². The first-order chi connectivity index (χ1) is 14.0. The lowest BCUT2D eigenvalue weighted by atomic mass is 10.2. The van der Waals surface area contributed by atoms with Crippen LogP contribution in [0.3, 0.4) is 0 Å². The third kappa shape index (κ3) is 4.85. The van der Waals surface area contributed by atoms with E-state index in [1.165, 1.54) is 6.07 Å². The van der Waals surface area contributed by atoms with Crippen LogP contribution in [0.25, 0.3) is 0 Å². The van der Waals surface area contributed by atoms with Crippen LogP contribution in [0.15, 0.2) is 65.5 Å². The summed E-state index contributed by atoms with van der Waals surface area (Å²) in [6.07, 6.45) is 0. The van der Waals surface area contributed by atoms with Gasteiger partial charge < -0.3 is 19.4 Å². The Hall–Kier alpha value is -3.54. The minimum absolute atomic E-state index is 0.169. The third-order valence-electron chi connectivity index (χ3n) is 4.75. The standard InChI is InChI=1S/C23H24N2O4/c1-16-13-21(26)22(29-15-17-7-5-4-6-8-17)20(25(16)2)14-24-23(27)18-9-11-19(28-3)12-10-18/h4-13H,14-15H2,1-3H3,(H,24,27). The number of methoxy groups -OCH3 is 1. The molecule has 0 saturated carbocycles. The van der Waals surface area contributed by atoms with Gasteiger partial charge in [-0.05, 0) is 36.8 Å². The summed E-state index contributed by atoms with van der Waals surface area (Å²) >= 11 is 0. The van der Waals surface area contributed by atoms with Crippen molar-refractivity contribution in [2.24, 2.45) is 7.05 Å². The minimum Gasteiger partial charge on any atom is -0.497 e. The molecule has 0 unspecified atom stereocenters. The molecule has 29 heavy (non-hydrogen) atoms. The Morgan fingerprint density at radius 1 is 1.07 bits per heavy atom. The van der Waals surface area contributed by atoms with E-state index < -0.39 is 0 Å². The smallest absolute Gasteiger partial charge is 0.251 e. The highest BCUT2D eigenvalue weighted by Crippen LogP contribution is 2.17. The number of benzene rings is 2. The lowest BCUT2D eigenvalue weighted by molar-refractivity contribution is 0.0949. The molecule has 0 saturated heterocycles. The predicted molar refractivity (Wildman–Crippen MR) is 111 cm³/mol. The van der Waals surface area contributed by atoms with Crippen LogP contribution in [-0.2, 0) is 20.2 Å². The van der Waals surface area contributed by atoms with E-state index in [1.807, 2.05) is 48.9 Å². The first kappa shape index (κ1) is 20.2. The number of ether oxygens (including phenoxy) is 2. The minimum atomic E-state index is -0.240. The molecule has 1 N–H and O–H groups in total.